The van der Waals surface area contributed by atoms with Crippen molar-refractivity contribution in [2.75, 3.05) is 11.9 Å². The summed E-state index contributed by atoms with van der Waals surface area (Å²) in [4.78, 5) is 0. The Bertz CT molecular complexity index is 452. The number of aryl methyl sites for hydroxylation is 1. The molecule has 0 radical (unpaired) electrons. The largest absolute Gasteiger partial charge is 0.382 e. The Kier molecular flexibility index (Phi) is 2.65. The summed E-state index contributed by atoms with van der Waals surface area (Å²) in [7, 11) is 0. The molecule has 1 N–H and O–H groups in total. The molecule has 2 aliphatic carbocycles. The molecule has 3 rings (SSSR count). The van der Waals surface area contributed by atoms with Crippen molar-refractivity contribution in [2.24, 2.45) is 17.8 Å². The maximum atomic E-state index is 13.6. The highest BCUT2D eigenvalue weighted by Crippen LogP contribution is 2.43. The second-order valence-electron chi connectivity index (χ2n) is 5.40. The molecular formula is C15H18FN. The van der Waals surface area contributed by atoms with Gasteiger partial charge < -0.3 is 5.32 Å². The van der Waals surface area contributed by atoms with Crippen LogP contribution in [0.3, 0.4) is 0 Å². The van der Waals surface area contributed by atoms with E-state index in [4.69, 9.17) is 0 Å². The fourth-order valence-corrected chi connectivity index (χ4v) is 3.14. The number of allylic oxidation sites excluding steroid dienone is 2. The molecule has 1 saturated carbocycles. The average Bonchev–Trinajstić information content (AvgIpc) is 2.92. The number of fused-ring (bicyclic) bond motifs is 2. The van der Waals surface area contributed by atoms with Gasteiger partial charge in [0.05, 0.1) is 5.69 Å². The summed E-state index contributed by atoms with van der Waals surface area (Å²) in [5, 5.41) is 3.27. The minimum absolute atomic E-state index is 0.144. The van der Waals surface area contributed by atoms with E-state index in [1.807, 2.05) is 13.0 Å². The summed E-state index contributed by atoms with van der Waals surface area (Å²) in [5.74, 6) is 2.05. The van der Waals surface area contributed by atoms with Gasteiger partial charge in [-0.1, -0.05) is 18.2 Å². The van der Waals surface area contributed by atoms with Crippen LogP contribution in [0.2, 0.25) is 0 Å². The van der Waals surface area contributed by atoms with Crippen LogP contribution in [0.1, 0.15) is 18.4 Å². The van der Waals surface area contributed by atoms with Crippen LogP contribution in [-0.2, 0) is 0 Å². The number of hydrogen-bond acceptors (Lipinski definition) is 1. The van der Waals surface area contributed by atoms with Gasteiger partial charge in [0, 0.05) is 6.54 Å². The van der Waals surface area contributed by atoms with E-state index in [1.54, 1.807) is 12.1 Å². The van der Waals surface area contributed by atoms with Crippen LogP contribution >= 0.6 is 0 Å². The maximum absolute atomic E-state index is 13.6. The van der Waals surface area contributed by atoms with E-state index in [2.05, 4.69) is 17.5 Å². The zero-order chi connectivity index (χ0) is 11.8. The van der Waals surface area contributed by atoms with E-state index in [0.717, 1.165) is 23.9 Å². The average molecular weight is 231 g/mol. The highest BCUT2D eigenvalue weighted by atomic mass is 19.1. The molecule has 1 nitrogen and oxygen atoms in total. The van der Waals surface area contributed by atoms with Crippen LogP contribution in [-0.4, -0.2) is 6.54 Å². The van der Waals surface area contributed by atoms with Crippen LogP contribution in [0.15, 0.2) is 30.4 Å². The predicted molar refractivity (Wildman–Crippen MR) is 68.5 cm³/mol. The van der Waals surface area contributed by atoms with E-state index in [-0.39, 0.29) is 5.82 Å². The van der Waals surface area contributed by atoms with Gasteiger partial charge in [-0.2, -0.15) is 0 Å². The zero-order valence-electron chi connectivity index (χ0n) is 10.1. The Hall–Kier alpha value is -1.31. The molecule has 1 fully saturated rings. The molecule has 1 aromatic carbocycles. The monoisotopic (exact) mass is 231 g/mol. The van der Waals surface area contributed by atoms with Gasteiger partial charge in [-0.25, -0.2) is 4.39 Å². The molecule has 90 valence electrons. The Labute approximate surface area is 102 Å². The Balaban J connectivity index is 1.64. The highest BCUT2D eigenvalue weighted by Gasteiger charge is 2.35. The zero-order valence-corrected chi connectivity index (χ0v) is 10.1. The van der Waals surface area contributed by atoms with Gasteiger partial charge >= 0.3 is 0 Å². The van der Waals surface area contributed by atoms with Gasteiger partial charge in [-0.15, -0.1) is 0 Å². The molecule has 17 heavy (non-hydrogen) atoms. The van der Waals surface area contributed by atoms with Crippen molar-refractivity contribution in [1.82, 2.24) is 0 Å². The first-order valence-corrected chi connectivity index (χ1v) is 6.41. The van der Waals surface area contributed by atoms with Crippen molar-refractivity contribution in [3.8, 4) is 0 Å². The van der Waals surface area contributed by atoms with E-state index in [9.17, 15) is 4.39 Å². The summed E-state index contributed by atoms with van der Waals surface area (Å²) >= 11 is 0. The standard InChI is InChI=1S/C15H18FN/c1-10-2-5-14(16)15(6-10)17-9-13-8-11-3-4-12(13)7-11/h2-6,11-13,17H,7-9H2,1H3. The van der Waals surface area contributed by atoms with E-state index in [1.165, 1.54) is 12.8 Å². The molecule has 0 aromatic heterocycles. The maximum Gasteiger partial charge on any atom is 0.146 e. The van der Waals surface area contributed by atoms with Gasteiger partial charge in [0.15, 0.2) is 0 Å². The highest BCUT2D eigenvalue weighted by molar-refractivity contribution is 5.47. The first-order chi connectivity index (χ1) is 8.22. The van der Waals surface area contributed by atoms with Crippen LogP contribution in [0, 0.1) is 30.5 Å². The lowest BCUT2D eigenvalue weighted by Crippen LogP contribution is -2.18. The van der Waals surface area contributed by atoms with Crippen LogP contribution in [0.5, 0.6) is 0 Å². The predicted octanol–water partition coefficient (Wildman–Crippen LogP) is 3.76. The first kappa shape index (κ1) is 10.8. The second-order valence-corrected chi connectivity index (χ2v) is 5.40. The lowest BCUT2D eigenvalue weighted by molar-refractivity contribution is 0.470. The van der Waals surface area contributed by atoms with E-state index in [0.29, 0.717) is 11.6 Å². The molecule has 2 heteroatoms. The number of hydrogen-bond donors (Lipinski definition) is 1. The van der Waals surface area contributed by atoms with Crippen LogP contribution in [0.4, 0.5) is 10.1 Å². The molecule has 0 saturated heterocycles. The number of anilines is 1. The SMILES string of the molecule is Cc1ccc(F)c(NCC2CC3C=CC2C3)c1. The molecule has 2 bridgehead atoms. The third-order valence-electron chi connectivity index (χ3n) is 4.09. The number of benzene rings is 1. The summed E-state index contributed by atoms with van der Waals surface area (Å²) < 4.78 is 13.6. The third-order valence-corrected chi connectivity index (χ3v) is 4.09. The molecule has 3 atom stereocenters. The first-order valence-electron chi connectivity index (χ1n) is 6.41. The van der Waals surface area contributed by atoms with Gasteiger partial charge in [0.1, 0.15) is 5.82 Å². The second kappa shape index (κ2) is 4.17. The molecule has 2 aliphatic rings. The van der Waals surface area contributed by atoms with Crippen molar-refractivity contribution >= 4 is 5.69 Å². The topological polar surface area (TPSA) is 12.0 Å². The van der Waals surface area contributed by atoms with E-state index >= 15 is 0 Å². The van der Waals surface area contributed by atoms with Gasteiger partial charge in [0.25, 0.3) is 0 Å². The Morgan fingerprint density at radius 2 is 2.18 bits per heavy atom. The van der Waals surface area contributed by atoms with Crippen molar-refractivity contribution in [1.29, 1.82) is 0 Å². The van der Waals surface area contributed by atoms with Gasteiger partial charge in [-0.05, 0) is 55.2 Å². The van der Waals surface area contributed by atoms with Crippen LogP contribution in [0.25, 0.3) is 0 Å². The molecule has 0 aliphatic heterocycles. The summed E-state index contributed by atoms with van der Waals surface area (Å²) in [6.07, 6.45) is 7.26. The number of rotatable bonds is 3. The van der Waals surface area contributed by atoms with Crippen LogP contribution < -0.4 is 5.32 Å². The fraction of sp³-hybridized carbons (Fsp3) is 0.467. The Morgan fingerprint density at radius 3 is 2.88 bits per heavy atom. The lowest BCUT2D eigenvalue weighted by atomic mass is 9.93. The van der Waals surface area contributed by atoms with Gasteiger partial charge in [0.2, 0.25) is 0 Å². The molecular weight excluding hydrogens is 213 g/mol. The Morgan fingerprint density at radius 1 is 1.29 bits per heavy atom. The number of halogens is 1. The molecule has 0 heterocycles. The molecule has 0 spiro atoms. The summed E-state index contributed by atoms with van der Waals surface area (Å²) in [5.41, 5.74) is 1.75. The minimum atomic E-state index is -0.144. The summed E-state index contributed by atoms with van der Waals surface area (Å²) in [6.45, 7) is 2.89. The van der Waals surface area contributed by atoms with Crippen molar-refractivity contribution in [3.63, 3.8) is 0 Å². The molecule has 0 amide bonds. The molecule has 1 aromatic rings. The third kappa shape index (κ3) is 2.08. The van der Waals surface area contributed by atoms with E-state index < -0.39 is 0 Å². The normalized spacial score (nSPS) is 29.9. The van der Waals surface area contributed by atoms with Crippen molar-refractivity contribution in [2.45, 2.75) is 19.8 Å². The number of nitrogens with one attached hydrogen (secondary N) is 1. The van der Waals surface area contributed by atoms with Crippen molar-refractivity contribution in [3.05, 3.63) is 41.7 Å². The quantitative estimate of drug-likeness (QED) is 0.781. The minimum Gasteiger partial charge on any atom is -0.382 e. The van der Waals surface area contributed by atoms with Crippen molar-refractivity contribution < 1.29 is 4.39 Å². The fourth-order valence-electron chi connectivity index (χ4n) is 3.14. The van der Waals surface area contributed by atoms with Gasteiger partial charge in [-0.3, -0.25) is 0 Å². The molecule has 3 unspecified atom stereocenters. The lowest BCUT2D eigenvalue weighted by Gasteiger charge is -2.19. The summed E-state index contributed by atoms with van der Waals surface area (Å²) in [6, 6.07) is 5.23. The smallest absolute Gasteiger partial charge is 0.146 e.